The van der Waals surface area contributed by atoms with Gasteiger partial charge in [0.05, 0.1) is 18.9 Å². The van der Waals surface area contributed by atoms with Crippen molar-refractivity contribution in [3.05, 3.63) is 45.8 Å². The number of aromatic amines is 1. The summed E-state index contributed by atoms with van der Waals surface area (Å²) in [5.74, 6) is 0.907. The minimum absolute atomic E-state index is 0.00301. The summed E-state index contributed by atoms with van der Waals surface area (Å²) in [6.45, 7) is 16.1. The maximum absolute atomic E-state index is 13.0. The number of aromatic nitrogens is 1. The summed E-state index contributed by atoms with van der Waals surface area (Å²) < 4.78 is 5.43. The van der Waals surface area contributed by atoms with Crippen molar-refractivity contribution < 1.29 is 14.3 Å². The van der Waals surface area contributed by atoms with Gasteiger partial charge in [0.15, 0.2) is 0 Å². The Labute approximate surface area is 265 Å². The number of aryl methyl sites for hydroxylation is 2. The van der Waals surface area contributed by atoms with Gasteiger partial charge in [0.25, 0.3) is 0 Å². The van der Waals surface area contributed by atoms with E-state index in [4.69, 9.17) is 4.74 Å². The lowest BCUT2D eigenvalue weighted by molar-refractivity contribution is -0.124. The van der Waals surface area contributed by atoms with Crippen LogP contribution in [-0.2, 0) is 21.4 Å². The molecular formula is C35H47N5O3S. The van der Waals surface area contributed by atoms with Crippen molar-refractivity contribution in [2.45, 2.75) is 64.8 Å². The fourth-order valence-electron chi connectivity index (χ4n) is 8.21. The number of carbonyl (C=O) groups is 2. The van der Waals surface area contributed by atoms with Gasteiger partial charge in [-0.1, -0.05) is 31.0 Å². The quantitative estimate of drug-likeness (QED) is 0.376. The van der Waals surface area contributed by atoms with Crippen LogP contribution in [0.2, 0.25) is 0 Å². The number of H-pyrrole nitrogens is 1. The molecule has 0 spiro atoms. The van der Waals surface area contributed by atoms with Crippen molar-refractivity contribution in [3.8, 4) is 11.3 Å². The molecular weight excluding hydrogens is 570 g/mol. The van der Waals surface area contributed by atoms with Gasteiger partial charge in [-0.3, -0.25) is 9.69 Å². The largest absolute Gasteiger partial charge is 0.378 e. The highest BCUT2D eigenvalue weighted by Crippen LogP contribution is 2.47. The van der Waals surface area contributed by atoms with Crippen LogP contribution >= 0.6 is 11.3 Å². The number of morpholine rings is 1. The Morgan fingerprint density at radius 1 is 0.977 bits per heavy atom. The number of rotatable bonds is 7. The minimum Gasteiger partial charge on any atom is -0.378 e. The number of ether oxygens (including phenoxy) is 1. The number of hydrogen-bond acceptors (Lipinski definition) is 5. The van der Waals surface area contributed by atoms with E-state index in [-0.39, 0.29) is 23.3 Å². The molecule has 3 unspecified atom stereocenters. The first-order valence-electron chi connectivity index (χ1n) is 16.5. The lowest BCUT2D eigenvalue weighted by Crippen LogP contribution is -2.54. The summed E-state index contributed by atoms with van der Waals surface area (Å²) in [5, 5.41) is 4.59. The predicted molar refractivity (Wildman–Crippen MR) is 176 cm³/mol. The Morgan fingerprint density at radius 3 is 2.34 bits per heavy atom. The number of piperidine rings is 1. The third-order valence-electron chi connectivity index (χ3n) is 10.6. The molecule has 2 N–H and O–H groups in total. The number of fused-ring (bicyclic) bond motifs is 3. The summed E-state index contributed by atoms with van der Waals surface area (Å²) in [6.07, 6.45) is 4.17. The van der Waals surface area contributed by atoms with E-state index >= 15 is 0 Å². The molecule has 3 saturated heterocycles. The number of nitrogens with one attached hydrogen (secondary N) is 2. The predicted octanol–water partition coefficient (Wildman–Crippen LogP) is 5.32. The van der Waals surface area contributed by atoms with Gasteiger partial charge >= 0.3 is 6.03 Å². The molecule has 236 valence electrons. The average molecular weight is 618 g/mol. The van der Waals surface area contributed by atoms with Crippen LogP contribution in [0, 0.1) is 25.7 Å². The van der Waals surface area contributed by atoms with E-state index in [2.05, 4.69) is 67.2 Å². The summed E-state index contributed by atoms with van der Waals surface area (Å²) in [7, 11) is 0. The fraction of sp³-hybridized carbons (Fsp3) is 0.600. The van der Waals surface area contributed by atoms with E-state index in [0.29, 0.717) is 38.3 Å². The van der Waals surface area contributed by atoms with E-state index in [0.717, 1.165) is 58.4 Å². The molecule has 9 heteroatoms. The van der Waals surface area contributed by atoms with Gasteiger partial charge in [-0.05, 0) is 80.2 Å². The lowest BCUT2D eigenvalue weighted by atomic mass is 9.78. The number of benzene rings is 1. The number of piperazine rings is 1. The molecule has 4 aliphatic rings. The van der Waals surface area contributed by atoms with E-state index < -0.39 is 0 Å². The zero-order valence-corrected chi connectivity index (χ0v) is 27.5. The van der Waals surface area contributed by atoms with Gasteiger partial charge in [0.1, 0.15) is 4.83 Å². The minimum atomic E-state index is 0.00301. The van der Waals surface area contributed by atoms with E-state index in [1.807, 2.05) is 21.1 Å². The molecule has 8 nitrogen and oxygen atoms in total. The van der Waals surface area contributed by atoms with Crippen molar-refractivity contribution in [1.82, 2.24) is 25.0 Å². The second-order valence-electron chi connectivity index (χ2n) is 14.2. The zero-order valence-electron chi connectivity index (χ0n) is 26.7. The summed E-state index contributed by atoms with van der Waals surface area (Å²) in [5.41, 5.74) is 6.46. The number of nitrogens with zero attached hydrogens (tertiary/aromatic N) is 3. The van der Waals surface area contributed by atoms with E-state index in [1.165, 1.54) is 43.0 Å². The van der Waals surface area contributed by atoms with Crippen molar-refractivity contribution >= 4 is 33.5 Å². The lowest BCUT2D eigenvalue weighted by Gasteiger charge is -2.38. The third kappa shape index (κ3) is 5.67. The molecule has 3 aromatic rings. The number of amides is 3. The highest BCUT2D eigenvalue weighted by atomic mass is 32.1. The van der Waals surface area contributed by atoms with Crippen molar-refractivity contribution in [2.75, 3.05) is 59.0 Å². The number of hydrogen-bond donors (Lipinski definition) is 2. The highest BCUT2D eigenvalue weighted by molar-refractivity contribution is 7.18. The van der Waals surface area contributed by atoms with Gasteiger partial charge in [-0.2, -0.15) is 0 Å². The van der Waals surface area contributed by atoms with Crippen LogP contribution < -0.4 is 5.32 Å². The van der Waals surface area contributed by atoms with Gasteiger partial charge in [0, 0.05) is 68.0 Å². The molecule has 7 rings (SSSR count). The van der Waals surface area contributed by atoms with Crippen LogP contribution in [0.5, 0.6) is 0 Å². The SMILES string of the molecule is Cc1cc(C)cc(-c2[nH]c3sc(C(C)(C)CC4C5CCC4C(=O)N5)cc3c2CCN2CCN(C(=O)N3CCOCC3)CC2)c1. The van der Waals surface area contributed by atoms with Crippen LogP contribution in [0.15, 0.2) is 24.3 Å². The molecule has 2 aromatic heterocycles. The molecule has 1 saturated carbocycles. The van der Waals surface area contributed by atoms with Crippen LogP contribution in [0.3, 0.4) is 0 Å². The Bertz CT molecular complexity index is 1520. The van der Waals surface area contributed by atoms with Crippen molar-refractivity contribution in [1.29, 1.82) is 0 Å². The smallest absolute Gasteiger partial charge is 0.320 e. The zero-order chi connectivity index (χ0) is 30.6. The Morgan fingerprint density at radius 2 is 1.68 bits per heavy atom. The van der Waals surface area contributed by atoms with Crippen LogP contribution in [0.1, 0.15) is 54.7 Å². The maximum atomic E-state index is 13.0. The van der Waals surface area contributed by atoms with Crippen molar-refractivity contribution in [2.24, 2.45) is 11.8 Å². The van der Waals surface area contributed by atoms with E-state index in [1.54, 1.807) is 0 Å². The molecule has 3 atom stereocenters. The van der Waals surface area contributed by atoms with Gasteiger partial charge in [-0.15, -0.1) is 11.3 Å². The third-order valence-corrected chi connectivity index (χ3v) is 12.0. The van der Waals surface area contributed by atoms with Crippen LogP contribution in [0.4, 0.5) is 4.79 Å². The highest BCUT2D eigenvalue weighted by Gasteiger charge is 2.49. The first-order chi connectivity index (χ1) is 21.2. The normalized spacial score (nSPS) is 24.5. The number of thiophene rings is 1. The molecule has 0 radical (unpaired) electrons. The molecule has 2 bridgehead atoms. The molecule has 3 amide bonds. The Kier molecular flexibility index (Phi) is 8.00. The molecule has 3 aliphatic heterocycles. The average Bonchev–Trinajstić information content (AvgIpc) is 3.75. The Hall–Kier alpha value is -2.88. The van der Waals surface area contributed by atoms with Crippen LogP contribution in [0.25, 0.3) is 21.5 Å². The summed E-state index contributed by atoms with van der Waals surface area (Å²) in [4.78, 5) is 38.4. The summed E-state index contributed by atoms with van der Waals surface area (Å²) in [6, 6.07) is 9.80. The van der Waals surface area contributed by atoms with Gasteiger partial charge in [-0.25, -0.2) is 4.79 Å². The summed E-state index contributed by atoms with van der Waals surface area (Å²) >= 11 is 1.90. The van der Waals surface area contributed by atoms with Gasteiger partial charge < -0.3 is 24.8 Å². The van der Waals surface area contributed by atoms with Crippen molar-refractivity contribution in [3.63, 3.8) is 0 Å². The molecule has 1 aliphatic carbocycles. The number of urea groups is 1. The maximum Gasteiger partial charge on any atom is 0.320 e. The Balaban J connectivity index is 1.10. The first kappa shape index (κ1) is 29.8. The topological polar surface area (TPSA) is 80.9 Å². The van der Waals surface area contributed by atoms with Crippen LogP contribution in [-0.4, -0.2) is 96.7 Å². The van der Waals surface area contributed by atoms with Gasteiger partial charge in [0.2, 0.25) is 5.91 Å². The molecule has 44 heavy (non-hydrogen) atoms. The number of carbonyl (C=O) groups excluding carboxylic acids is 2. The second-order valence-corrected chi connectivity index (χ2v) is 15.3. The molecule has 1 aromatic carbocycles. The molecule has 5 heterocycles. The fourth-order valence-corrected chi connectivity index (χ4v) is 9.42. The van der Waals surface area contributed by atoms with E-state index in [9.17, 15) is 9.59 Å². The monoisotopic (exact) mass is 617 g/mol. The standard InChI is InChI=1S/C35H47N5O3S/c1-22-17-23(2)19-24(18-22)31-25(7-8-38-9-11-39(12-10-38)34(42)40-13-15-43-16-14-40)27-20-30(44-33(27)37-31)35(3,4)21-28-26-5-6-29(28)36-32(26)41/h17-20,26,28-29,37H,5-16,21H2,1-4H3,(H,36,41). The first-order valence-corrected chi connectivity index (χ1v) is 17.4. The molecule has 4 fully saturated rings. The second kappa shape index (κ2) is 11.8.